The van der Waals surface area contributed by atoms with Crippen LogP contribution in [0.15, 0.2) is 0 Å². The largest absolute Gasteiger partial charge is 0.356 e. The topological polar surface area (TPSA) is 44.3 Å². The minimum Gasteiger partial charge on any atom is -0.356 e. The Labute approximate surface area is 145 Å². The fourth-order valence-electron chi connectivity index (χ4n) is 4.47. The zero-order valence-electron chi connectivity index (χ0n) is 15.1. The van der Waals surface area contributed by atoms with Gasteiger partial charge in [0.15, 0.2) is 0 Å². The van der Waals surface area contributed by atoms with E-state index in [1.54, 1.807) is 0 Å². The highest BCUT2D eigenvalue weighted by molar-refractivity contribution is 5.54. The van der Waals surface area contributed by atoms with Crippen molar-refractivity contribution >= 4 is 11.8 Å². The van der Waals surface area contributed by atoms with E-state index in [1.807, 2.05) is 0 Å². The molecule has 1 aromatic heterocycles. The van der Waals surface area contributed by atoms with Gasteiger partial charge in [-0.2, -0.15) is 4.98 Å². The molecule has 0 radical (unpaired) electrons. The zero-order chi connectivity index (χ0) is 16.4. The average Bonchev–Trinajstić information content (AvgIpc) is 2.68. The van der Waals surface area contributed by atoms with Gasteiger partial charge in [0.05, 0.1) is 5.69 Å². The Kier molecular flexibility index (Phi) is 4.88. The standard InChI is InChI=1S/C19H31N5/c1-23(15-8-4-2-5-9-15)19-21-17-10-11-20-14-16(17)18(22-19)24-12-6-3-7-13-24/h15,20H,2-14H2,1H3. The molecule has 2 fully saturated rings. The monoisotopic (exact) mass is 329 g/mol. The van der Waals surface area contributed by atoms with Gasteiger partial charge in [-0.1, -0.05) is 19.3 Å². The molecule has 3 heterocycles. The second-order valence-corrected chi connectivity index (χ2v) is 7.65. The number of nitrogens with zero attached hydrogens (tertiary/aromatic N) is 4. The van der Waals surface area contributed by atoms with Gasteiger partial charge in [-0.05, 0) is 32.1 Å². The molecule has 0 atom stereocenters. The van der Waals surface area contributed by atoms with Crippen molar-refractivity contribution in [1.29, 1.82) is 0 Å². The molecule has 132 valence electrons. The van der Waals surface area contributed by atoms with Crippen molar-refractivity contribution in [2.24, 2.45) is 0 Å². The Hall–Kier alpha value is -1.36. The molecule has 1 saturated carbocycles. The summed E-state index contributed by atoms with van der Waals surface area (Å²) in [5, 5.41) is 3.51. The quantitative estimate of drug-likeness (QED) is 0.924. The van der Waals surface area contributed by atoms with Gasteiger partial charge in [0, 0.05) is 51.3 Å². The molecule has 0 spiro atoms. The fraction of sp³-hybridized carbons (Fsp3) is 0.789. The van der Waals surface area contributed by atoms with Crippen molar-refractivity contribution in [2.45, 2.75) is 70.4 Å². The van der Waals surface area contributed by atoms with Crippen molar-refractivity contribution in [1.82, 2.24) is 15.3 Å². The third-order valence-corrected chi connectivity index (χ3v) is 5.99. The van der Waals surface area contributed by atoms with E-state index < -0.39 is 0 Å². The van der Waals surface area contributed by atoms with Crippen LogP contribution in [0.25, 0.3) is 0 Å². The van der Waals surface area contributed by atoms with Crippen LogP contribution in [0.4, 0.5) is 11.8 Å². The lowest BCUT2D eigenvalue weighted by molar-refractivity contribution is 0.423. The van der Waals surface area contributed by atoms with Crippen LogP contribution in [0.5, 0.6) is 0 Å². The minimum atomic E-state index is 0.618. The number of piperidine rings is 1. The first-order chi connectivity index (χ1) is 11.8. The Morgan fingerprint density at radius 2 is 1.75 bits per heavy atom. The summed E-state index contributed by atoms with van der Waals surface area (Å²) in [6.45, 7) is 4.26. The predicted molar refractivity (Wildman–Crippen MR) is 98.8 cm³/mol. The predicted octanol–water partition coefficient (Wildman–Crippen LogP) is 2.88. The second-order valence-electron chi connectivity index (χ2n) is 7.65. The molecule has 1 aromatic rings. The molecule has 0 unspecified atom stereocenters. The summed E-state index contributed by atoms with van der Waals surface area (Å²) in [5.74, 6) is 2.17. The maximum atomic E-state index is 5.09. The van der Waals surface area contributed by atoms with Gasteiger partial charge in [-0.3, -0.25) is 0 Å². The van der Waals surface area contributed by atoms with E-state index in [0.717, 1.165) is 38.5 Å². The molecule has 4 rings (SSSR count). The lowest BCUT2D eigenvalue weighted by Gasteiger charge is -2.35. The maximum absolute atomic E-state index is 5.09. The van der Waals surface area contributed by atoms with Crippen LogP contribution in [0.2, 0.25) is 0 Å². The molecular weight excluding hydrogens is 298 g/mol. The number of hydrogen-bond acceptors (Lipinski definition) is 5. The van der Waals surface area contributed by atoms with E-state index in [2.05, 4.69) is 22.2 Å². The van der Waals surface area contributed by atoms with Crippen LogP contribution < -0.4 is 15.1 Å². The molecule has 0 amide bonds. The van der Waals surface area contributed by atoms with Gasteiger partial charge < -0.3 is 15.1 Å². The highest BCUT2D eigenvalue weighted by atomic mass is 15.3. The fourth-order valence-corrected chi connectivity index (χ4v) is 4.47. The van der Waals surface area contributed by atoms with E-state index in [9.17, 15) is 0 Å². The van der Waals surface area contributed by atoms with Gasteiger partial charge in [-0.25, -0.2) is 4.98 Å². The second kappa shape index (κ2) is 7.26. The van der Waals surface area contributed by atoms with Gasteiger partial charge in [0.1, 0.15) is 5.82 Å². The zero-order valence-corrected chi connectivity index (χ0v) is 15.1. The molecular formula is C19H31N5. The average molecular weight is 329 g/mol. The van der Waals surface area contributed by atoms with Crippen molar-refractivity contribution in [2.75, 3.05) is 36.5 Å². The first kappa shape index (κ1) is 16.1. The Morgan fingerprint density at radius 1 is 1.00 bits per heavy atom. The number of anilines is 2. The van der Waals surface area contributed by atoms with Crippen LogP contribution in [-0.4, -0.2) is 42.7 Å². The molecule has 1 aliphatic carbocycles. The summed E-state index contributed by atoms with van der Waals surface area (Å²) >= 11 is 0. The minimum absolute atomic E-state index is 0.618. The molecule has 0 bridgehead atoms. The van der Waals surface area contributed by atoms with E-state index in [1.165, 1.54) is 68.4 Å². The SMILES string of the molecule is CN(c1nc2c(c(N3CCCCC3)n1)CNCC2)C1CCCCC1. The molecule has 24 heavy (non-hydrogen) atoms. The molecule has 3 aliphatic rings. The van der Waals surface area contributed by atoms with E-state index in [4.69, 9.17) is 9.97 Å². The molecule has 1 saturated heterocycles. The normalized spacial score (nSPS) is 22.3. The van der Waals surface area contributed by atoms with E-state index in [-0.39, 0.29) is 0 Å². The molecule has 5 nitrogen and oxygen atoms in total. The van der Waals surface area contributed by atoms with Crippen molar-refractivity contribution in [3.63, 3.8) is 0 Å². The third kappa shape index (κ3) is 3.23. The summed E-state index contributed by atoms with van der Waals surface area (Å²) in [7, 11) is 2.21. The molecule has 0 aromatic carbocycles. The molecule has 2 aliphatic heterocycles. The van der Waals surface area contributed by atoms with E-state index in [0.29, 0.717) is 6.04 Å². The number of aromatic nitrogens is 2. The summed E-state index contributed by atoms with van der Waals surface area (Å²) in [6.07, 6.45) is 11.6. The smallest absolute Gasteiger partial charge is 0.227 e. The Balaban J connectivity index is 1.66. The maximum Gasteiger partial charge on any atom is 0.227 e. The van der Waals surface area contributed by atoms with Gasteiger partial charge >= 0.3 is 0 Å². The first-order valence-electron chi connectivity index (χ1n) is 9.91. The van der Waals surface area contributed by atoms with Crippen LogP contribution in [-0.2, 0) is 13.0 Å². The lowest BCUT2D eigenvalue weighted by atomic mass is 9.95. The van der Waals surface area contributed by atoms with Gasteiger partial charge in [0.25, 0.3) is 0 Å². The van der Waals surface area contributed by atoms with E-state index >= 15 is 0 Å². The summed E-state index contributed by atoms with van der Waals surface area (Å²) in [5.41, 5.74) is 2.63. The molecule has 1 N–H and O–H groups in total. The first-order valence-corrected chi connectivity index (χ1v) is 9.91. The van der Waals surface area contributed by atoms with Crippen molar-refractivity contribution in [3.05, 3.63) is 11.3 Å². The number of rotatable bonds is 3. The van der Waals surface area contributed by atoms with Crippen LogP contribution >= 0.6 is 0 Å². The third-order valence-electron chi connectivity index (χ3n) is 5.99. The highest BCUT2D eigenvalue weighted by Gasteiger charge is 2.26. The van der Waals surface area contributed by atoms with Crippen LogP contribution in [0, 0.1) is 0 Å². The van der Waals surface area contributed by atoms with Gasteiger partial charge in [-0.15, -0.1) is 0 Å². The highest BCUT2D eigenvalue weighted by Crippen LogP contribution is 2.30. The van der Waals surface area contributed by atoms with Gasteiger partial charge in [0.2, 0.25) is 5.95 Å². The summed E-state index contributed by atoms with van der Waals surface area (Å²) in [4.78, 5) is 15.0. The Bertz CT molecular complexity index is 561. The number of nitrogens with one attached hydrogen (secondary N) is 1. The van der Waals surface area contributed by atoms with Crippen molar-refractivity contribution in [3.8, 4) is 0 Å². The number of fused-ring (bicyclic) bond motifs is 1. The van der Waals surface area contributed by atoms with Crippen LogP contribution in [0.3, 0.4) is 0 Å². The lowest BCUT2D eigenvalue weighted by Crippen LogP contribution is -2.38. The van der Waals surface area contributed by atoms with Crippen molar-refractivity contribution < 1.29 is 0 Å². The summed E-state index contributed by atoms with van der Waals surface area (Å²) in [6, 6.07) is 0.618. The molecule has 5 heteroatoms. The number of hydrogen-bond donors (Lipinski definition) is 1. The van der Waals surface area contributed by atoms with Crippen LogP contribution in [0.1, 0.15) is 62.6 Å². The summed E-state index contributed by atoms with van der Waals surface area (Å²) < 4.78 is 0. The Morgan fingerprint density at radius 3 is 2.54 bits per heavy atom.